The van der Waals surface area contributed by atoms with Gasteiger partial charge in [-0.05, 0) is 66.9 Å². The van der Waals surface area contributed by atoms with Gasteiger partial charge in [-0.15, -0.1) is 11.3 Å². The zero-order valence-corrected chi connectivity index (χ0v) is 22.3. The lowest BCUT2D eigenvalue weighted by molar-refractivity contribution is -0.119. The van der Waals surface area contributed by atoms with Crippen LogP contribution in [-0.4, -0.2) is 46.0 Å². The van der Waals surface area contributed by atoms with Gasteiger partial charge in [0.2, 0.25) is 11.9 Å². The Morgan fingerprint density at radius 3 is 2.85 bits per heavy atom. The summed E-state index contributed by atoms with van der Waals surface area (Å²) < 4.78 is 20.9. The molecule has 202 valence electrons. The van der Waals surface area contributed by atoms with Gasteiger partial charge in [0.1, 0.15) is 18.1 Å². The maximum absolute atomic E-state index is 13.5. The zero-order valence-electron chi connectivity index (χ0n) is 21.5. The minimum absolute atomic E-state index is 0.0766. The molecule has 0 spiro atoms. The highest BCUT2D eigenvalue weighted by molar-refractivity contribution is 7.14. The van der Waals surface area contributed by atoms with Crippen molar-refractivity contribution in [2.24, 2.45) is 0 Å². The number of halogens is 1. The molecule has 4 aromatic rings. The van der Waals surface area contributed by atoms with Crippen molar-refractivity contribution >= 4 is 34.0 Å². The standard InChI is InChI=1S/C28H29FN6O3S/c1-19(36)30-12-15-38-22-8-6-21(7-9-22)35-14-3-4-24(35)23-18-39-28(32-23)33-27(37)25-5-2-13-34(25)17-20-10-11-31-26(29)16-20/h2,5-11,13,16,18,24H,3-4,12,14-15,17H2,1H3,(H,30,36)(H,32,33,37). The number of aromatic nitrogens is 3. The molecule has 3 aromatic heterocycles. The molecule has 1 aliphatic rings. The molecule has 1 atom stereocenters. The summed E-state index contributed by atoms with van der Waals surface area (Å²) in [4.78, 5) is 34.7. The molecule has 0 radical (unpaired) electrons. The molecule has 0 aliphatic carbocycles. The molecule has 0 bridgehead atoms. The number of thiazole rings is 1. The predicted octanol–water partition coefficient (Wildman–Crippen LogP) is 4.64. The topological polar surface area (TPSA) is 101 Å². The van der Waals surface area contributed by atoms with Crippen molar-refractivity contribution in [1.29, 1.82) is 0 Å². The first-order valence-corrected chi connectivity index (χ1v) is 13.6. The number of anilines is 2. The van der Waals surface area contributed by atoms with Crippen LogP contribution in [0.4, 0.5) is 15.2 Å². The number of nitrogens with one attached hydrogen (secondary N) is 2. The molecule has 0 saturated carbocycles. The van der Waals surface area contributed by atoms with E-state index in [1.165, 1.54) is 30.5 Å². The van der Waals surface area contributed by atoms with Crippen LogP contribution >= 0.6 is 11.3 Å². The molecular formula is C28H29FN6O3S. The number of carbonyl (C=O) groups is 2. The van der Waals surface area contributed by atoms with E-state index in [2.05, 4.69) is 20.5 Å². The number of ether oxygens (including phenoxy) is 1. The summed E-state index contributed by atoms with van der Waals surface area (Å²) in [7, 11) is 0. The van der Waals surface area contributed by atoms with Gasteiger partial charge in [-0.2, -0.15) is 4.39 Å². The summed E-state index contributed by atoms with van der Waals surface area (Å²) in [6.07, 6.45) is 5.21. The summed E-state index contributed by atoms with van der Waals surface area (Å²) in [6, 6.07) is 14.6. The third-order valence-corrected chi connectivity index (χ3v) is 7.23. The van der Waals surface area contributed by atoms with E-state index < -0.39 is 5.95 Å². The van der Waals surface area contributed by atoms with Crippen molar-refractivity contribution in [3.8, 4) is 5.75 Å². The summed E-state index contributed by atoms with van der Waals surface area (Å²) in [5.74, 6) is -0.151. The van der Waals surface area contributed by atoms with E-state index in [4.69, 9.17) is 9.72 Å². The third kappa shape index (κ3) is 6.61. The van der Waals surface area contributed by atoms with Gasteiger partial charge in [0.05, 0.1) is 18.3 Å². The van der Waals surface area contributed by atoms with Crippen LogP contribution in [0.2, 0.25) is 0 Å². The highest BCUT2D eigenvalue weighted by Gasteiger charge is 2.28. The number of nitrogens with zero attached hydrogens (tertiary/aromatic N) is 4. The number of amides is 2. The maximum atomic E-state index is 13.5. The van der Waals surface area contributed by atoms with Gasteiger partial charge >= 0.3 is 0 Å². The van der Waals surface area contributed by atoms with E-state index in [9.17, 15) is 14.0 Å². The van der Waals surface area contributed by atoms with Crippen LogP contribution in [0.15, 0.2) is 66.3 Å². The smallest absolute Gasteiger partial charge is 0.274 e. The average molecular weight is 549 g/mol. The monoisotopic (exact) mass is 548 g/mol. The Labute approximate surface area is 229 Å². The first-order valence-electron chi connectivity index (χ1n) is 12.7. The van der Waals surface area contributed by atoms with Gasteiger partial charge in [0, 0.05) is 43.5 Å². The molecule has 2 N–H and O–H groups in total. The normalized spacial score (nSPS) is 14.8. The fourth-order valence-corrected chi connectivity index (χ4v) is 5.42. The number of pyridine rings is 1. The lowest BCUT2D eigenvalue weighted by Crippen LogP contribution is -2.25. The first-order chi connectivity index (χ1) is 19.0. The number of rotatable bonds is 10. The van der Waals surface area contributed by atoms with Gasteiger partial charge in [-0.3, -0.25) is 14.9 Å². The van der Waals surface area contributed by atoms with Gasteiger partial charge in [-0.25, -0.2) is 9.97 Å². The highest BCUT2D eigenvalue weighted by atomic mass is 32.1. The fraction of sp³-hybridized carbons (Fsp3) is 0.286. The van der Waals surface area contributed by atoms with Crippen LogP contribution in [0.25, 0.3) is 0 Å². The minimum Gasteiger partial charge on any atom is -0.492 e. The maximum Gasteiger partial charge on any atom is 0.274 e. The number of benzene rings is 1. The Hall–Kier alpha value is -4.25. The molecule has 1 aliphatic heterocycles. The largest absolute Gasteiger partial charge is 0.492 e. The summed E-state index contributed by atoms with van der Waals surface area (Å²) in [6.45, 7) is 3.62. The van der Waals surface area contributed by atoms with E-state index >= 15 is 0 Å². The SMILES string of the molecule is CC(=O)NCCOc1ccc(N2CCCC2c2csc(NC(=O)c3cccn3Cc3ccnc(F)c3)n2)cc1. The van der Waals surface area contributed by atoms with Crippen molar-refractivity contribution in [3.63, 3.8) is 0 Å². The second-order valence-corrected chi connectivity index (χ2v) is 10.1. The van der Waals surface area contributed by atoms with Crippen molar-refractivity contribution in [3.05, 3.63) is 89.2 Å². The van der Waals surface area contributed by atoms with Crippen molar-refractivity contribution in [1.82, 2.24) is 19.9 Å². The van der Waals surface area contributed by atoms with Gasteiger partial charge in [0.25, 0.3) is 5.91 Å². The molecule has 2 amide bonds. The molecule has 39 heavy (non-hydrogen) atoms. The Bertz CT molecular complexity index is 1440. The van der Waals surface area contributed by atoms with Crippen LogP contribution in [0, 0.1) is 5.95 Å². The molecular weight excluding hydrogens is 519 g/mol. The first kappa shape index (κ1) is 26.4. The van der Waals surface area contributed by atoms with Crippen molar-refractivity contribution in [2.75, 3.05) is 29.9 Å². The summed E-state index contributed by atoms with van der Waals surface area (Å²) in [5.41, 5.74) is 3.18. The van der Waals surface area contributed by atoms with Crippen LogP contribution in [-0.2, 0) is 11.3 Å². The molecule has 4 heterocycles. The van der Waals surface area contributed by atoms with Crippen LogP contribution in [0.1, 0.15) is 47.6 Å². The third-order valence-electron chi connectivity index (χ3n) is 6.46. The summed E-state index contributed by atoms with van der Waals surface area (Å²) in [5, 5.41) is 8.16. The van der Waals surface area contributed by atoms with E-state index in [1.54, 1.807) is 29.0 Å². The fourth-order valence-electron chi connectivity index (χ4n) is 4.67. The zero-order chi connectivity index (χ0) is 27.2. The lowest BCUT2D eigenvalue weighted by Gasteiger charge is -2.25. The Morgan fingerprint density at radius 2 is 2.05 bits per heavy atom. The number of hydrogen-bond donors (Lipinski definition) is 2. The molecule has 1 saturated heterocycles. The van der Waals surface area contributed by atoms with Crippen LogP contribution in [0.5, 0.6) is 5.75 Å². The average Bonchev–Trinajstić information content (AvgIpc) is 3.68. The Kier molecular flexibility index (Phi) is 8.16. The van der Waals surface area contributed by atoms with E-state index in [0.717, 1.165) is 42.1 Å². The molecule has 1 unspecified atom stereocenters. The van der Waals surface area contributed by atoms with E-state index in [0.29, 0.717) is 30.5 Å². The quantitative estimate of drug-likeness (QED) is 0.221. The second kappa shape index (κ2) is 12.1. The minimum atomic E-state index is -0.551. The van der Waals surface area contributed by atoms with E-state index in [1.807, 2.05) is 29.6 Å². The lowest BCUT2D eigenvalue weighted by atomic mass is 10.1. The second-order valence-electron chi connectivity index (χ2n) is 9.22. The van der Waals surface area contributed by atoms with Crippen molar-refractivity contribution < 1.29 is 18.7 Å². The number of hydrogen-bond acceptors (Lipinski definition) is 7. The molecule has 5 rings (SSSR count). The van der Waals surface area contributed by atoms with Crippen molar-refractivity contribution in [2.45, 2.75) is 32.4 Å². The Morgan fingerprint density at radius 1 is 1.21 bits per heavy atom. The predicted molar refractivity (Wildman–Crippen MR) is 148 cm³/mol. The highest BCUT2D eigenvalue weighted by Crippen LogP contribution is 2.37. The van der Waals surface area contributed by atoms with Crippen LogP contribution < -0.4 is 20.3 Å². The van der Waals surface area contributed by atoms with Crippen LogP contribution in [0.3, 0.4) is 0 Å². The van der Waals surface area contributed by atoms with E-state index in [-0.39, 0.29) is 17.9 Å². The van der Waals surface area contributed by atoms with Gasteiger partial charge in [0.15, 0.2) is 5.13 Å². The van der Waals surface area contributed by atoms with Gasteiger partial charge < -0.3 is 19.5 Å². The number of carbonyl (C=O) groups excluding carboxylic acids is 2. The molecule has 1 aromatic carbocycles. The molecule has 1 fully saturated rings. The molecule has 11 heteroatoms. The molecule has 9 nitrogen and oxygen atoms in total. The Balaban J connectivity index is 1.21. The summed E-state index contributed by atoms with van der Waals surface area (Å²) >= 11 is 1.40. The van der Waals surface area contributed by atoms with Gasteiger partial charge in [-0.1, -0.05) is 0 Å².